The van der Waals surface area contributed by atoms with E-state index in [1.165, 1.54) is 0 Å². The summed E-state index contributed by atoms with van der Waals surface area (Å²) < 4.78 is 13.9. The van der Waals surface area contributed by atoms with Crippen molar-refractivity contribution < 1.29 is 19.1 Å². The lowest BCUT2D eigenvalue weighted by molar-refractivity contribution is 0.0714. The summed E-state index contributed by atoms with van der Waals surface area (Å²) >= 11 is 0. The van der Waals surface area contributed by atoms with Gasteiger partial charge in [-0.3, -0.25) is 4.79 Å². The van der Waals surface area contributed by atoms with Gasteiger partial charge in [0.25, 0.3) is 5.91 Å². The minimum atomic E-state index is -0.424. The van der Waals surface area contributed by atoms with E-state index in [4.69, 9.17) is 19.6 Å². The van der Waals surface area contributed by atoms with Crippen molar-refractivity contribution in [3.8, 4) is 5.75 Å². The molecule has 1 fully saturated rings. The molecule has 48 heavy (non-hydrogen) atoms. The number of carbonyl (C=O) groups excluding carboxylic acids is 2. The monoisotopic (exact) mass is 653 g/mol. The van der Waals surface area contributed by atoms with E-state index in [0.29, 0.717) is 36.7 Å². The summed E-state index contributed by atoms with van der Waals surface area (Å²) in [5.41, 5.74) is 3.85. The van der Waals surface area contributed by atoms with Crippen molar-refractivity contribution in [3.63, 3.8) is 0 Å². The Labute approximate surface area is 283 Å². The molecular formula is C37H47N7O4. The number of hydrogen-bond donors (Lipinski definition) is 0. The van der Waals surface area contributed by atoms with E-state index in [2.05, 4.69) is 29.7 Å². The zero-order valence-corrected chi connectivity index (χ0v) is 28.8. The molecule has 2 aliphatic rings. The Kier molecular flexibility index (Phi) is 10.0. The summed E-state index contributed by atoms with van der Waals surface area (Å²) in [5.74, 6) is 2.75. The molecule has 2 amide bonds. The van der Waals surface area contributed by atoms with Crippen molar-refractivity contribution in [2.75, 3.05) is 63.2 Å². The maximum atomic E-state index is 14.1. The van der Waals surface area contributed by atoms with Gasteiger partial charge in [-0.25, -0.2) is 9.78 Å². The summed E-state index contributed by atoms with van der Waals surface area (Å²) in [4.78, 5) is 40.6. The highest BCUT2D eigenvalue weighted by Crippen LogP contribution is 2.32. The highest BCUT2D eigenvalue weighted by atomic mass is 16.6. The van der Waals surface area contributed by atoms with Crippen LogP contribution in [0.4, 0.5) is 16.4 Å². The lowest BCUT2D eigenvalue weighted by Crippen LogP contribution is -2.40. The van der Waals surface area contributed by atoms with Crippen molar-refractivity contribution in [1.29, 1.82) is 0 Å². The fourth-order valence-corrected chi connectivity index (χ4v) is 6.64. The average molecular weight is 654 g/mol. The molecule has 2 aromatic heterocycles. The van der Waals surface area contributed by atoms with Crippen LogP contribution in [0.25, 0.3) is 5.65 Å². The molecule has 254 valence electrons. The van der Waals surface area contributed by atoms with E-state index in [1.807, 2.05) is 80.1 Å². The maximum Gasteiger partial charge on any atom is 0.410 e. The molecule has 0 saturated carbocycles. The summed E-state index contributed by atoms with van der Waals surface area (Å²) in [6, 6.07) is 19.1. The number of likely N-dealkylation sites (N-methyl/N-ethyl adjacent to an activating group) is 1. The summed E-state index contributed by atoms with van der Waals surface area (Å²) in [5, 5.41) is 5.06. The van der Waals surface area contributed by atoms with Crippen LogP contribution >= 0.6 is 0 Å². The van der Waals surface area contributed by atoms with Gasteiger partial charge in [-0.1, -0.05) is 62.2 Å². The number of carbonyl (C=O) groups is 2. The van der Waals surface area contributed by atoms with E-state index in [1.54, 1.807) is 9.80 Å². The van der Waals surface area contributed by atoms with Gasteiger partial charge in [0.1, 0.15) is 30.6 Å². The third-order valence-corrected chi connectivity index (χ3v) is 9.66. The predicted octanol–water partition coefficient (Wildman–Crippen LogP) is 5.96. The fraction of sp³-hybridized carbons (Fsp3) is 0.459. The first-order chi connectivity index (χ1) is 23.2. The van der Waals surface area contributed by atoms with E-state index < -0.39 is 6.09 Å². The largest absolute Gasteiger partial charge is 0.491 e. The number of aromatic nitrogens is 3. The van der Waals surface area contributed by atoms with Crippen LogP contribution in [0, 0.1) is 12.8 Å². The second-order valence-electron chi connectivity index (χ2n) is 13.0. The second kappa shape index (κ2) is 14.5. The van der Waals surface area contributed by atoms with E-state index >= 15 is 0 Å². The smallest absolute Gasteiger partial charge is 0.410 e. The zero-order valence-electron chi connectivity index (χ0n) is 28.8. The molecule has 0 spiro atoms. The number of anilines is 2. The van der Waals surface area contributed by atoms with Crippen molar-refractivity contribution in [1.82, 2.24) is 24.4 Å². The molecule has 2 aromatic carbocycles. The standard InChI is InChI=1S/C37H47N7O4/c1-6-27-15-16-43(24-27)33-23-35-40(4)17-18-42(37(46)48-25-28-11-9-8-10-12-28)19-20-47-32-14-13-26(3)21-29(32)36(45)41(5)31(7-2)30-22-34(38-33)44(35)39-30/h8-14,21-23,27,31H,6-7,15-20,24-25H2,1-5H3/t27?,31-/m0/s1. The molecule has 1 saturated heterocycles. The van der Waals surface area contributed by atoms with Crippen LogP contribution in [0.1, 0.15) is 66.3 Å². The van der Waals surface area contributed by atoms with E-state index in [9.17, 15) is 9.59 Å². The molecule has 4 heterocycles. The van der Waals surface area contributed by atoms with Crippen molar-refractivity contribution >= 4 is 29.3 Å². The van der Waals surface area contributed by atoms with Gasteiger partial charge in [-0.15, -0.1) is 0 Å². The summed E-state index contributed by atoms with van der Waals surface area (Å²) in [7, 11) is 3.83. The highest BCUT2D eigenvalue weighted by molar-refractivity contribution is 5.97. The van der Waals surface area contributed by atoms with Gasteiger partial charge in [-0.05, 0) is 43.4 Å². The van der Waals surface area contributed by atoms with E-state index in [-0.39, 0.29) is 31.7 Å². The van der Waals surface area contributed by atoms with Gasteiger partial charge < -0.3 is 29.1 Å². The Hall–Kier alpha value is -4.80. The van der Waals surface area contributed by atoms with Crippen LogP contribution in [-0.2, 0) is 11.3 Å². The molecule has 1 unspecified atom stereocenters. The molecule has 0 N–H and O–H groups in total. The van der Waals surface area contributed by atoms with E-state index in [0.717, 1.165) is 60.0 Å². The zero-order chi connectivity index (χ0) is 33.8. The van der Waals surface area contributed by atoms with Crippen LogP contribution in [0.2, 0.25) is 0 Å². The van der Waals surface area contributed by atoms with Crippen LogP contribution < -0.4 is 14.5 Å². The molecule has 2 aliphatic heterocycles. The minimum Gasteiger partial charge on any atom is -0.491 e. The lowest BCUT2D eigenvalue weighted by Gasteiger charge is -2.29. The number of aryl methyl sites for hydroxylation is 1. The Morgan fingerprint density at radius 3 is 2.54 bits per heavy atom. The van der Waals surface area contributed by atoms with Gasteiger partial charge in [0.05, 0.1) is 23.8 Å². The molecule has 6 rings (SSSR count). The number of amides is 2. The molecular weight excluding hydrogens is 606 g/mol. The normalized spacial score (nSPS) is 19.1. The predicted molar refractivity (Wildman–Crippen MR) is 187 cm³/mol. The molecule has 0 aliphatic carbocycles. The number of nitrogens with zero attached hydrogens (tertiary/aromatic N) is 7. The number of benzene rings is 2. The summed E-state index contributed by atoms with van der Waals surface area (Å²) in [6.07, 6.45) is 2.54. The third-order valence-electron chi connectivity index (χ3n) is 9.66. The Morgan fingerprint density at radius 2 is 1.79 bits per heavy atom. The average Bonchev–Trinajstić information content (AvgIpc) is 3.76. The SMILES string of the molecule is CCC1CCN(c2cc3n4nc(cc4n2)[C@H](CC)N(C)C(=O)c2cc(C)ccc2OCCN(C(=O)OCc2ccccc2)CCN3C)C1. The van der Waals surface area contributed by atoms with Gasteiger partial charge >= 0.3 is 6.09 Å². The Morgan fingerprint density at radius 1 is 0.979 bits per heavy atom. The quantitative estimate of drug-likeness (QED) is 0.260. The van der Waals surface area contributed by atoms with Gasteiger partial charge in [0.2, 0.25) is 0 Å². The molecule has 2 atom stereocenters. The number of hydrogen-bond acceptors (Lipinski definition) is 8. The number of rotatable bonds is 5. The van der Waals surface area contributed by atoms with Crippen LogP contribution in [0.15, 0.2) is 60.7 Å². The van der Waals surface area contributed by atoms with Crippen molar-refractivity contribution in [3.05, 3.63) is 83.0 Å². The Balaban J connectivity index is 1.39. The van der Waals surface area contributed by atoms with Gasteiger partial charge in [-0.2, -0.15) is 9.61 Å². The first kappa shape index (κ1) is 33.1. The molecule has 4 aromatic rings. The third kappa shape index (κ3) is 7.05. The topological polar surface area (TPSA) is 95.8 Å². The van der Waals surface area contributed by atoms with Crippen LogP contribution in [-0.4, -0.2) is 89.8 Å². The summed E-state index contributed by atoms with van der Waals surface area (Å²) in [6.45, 7) is 9.77. The molecule has 0 radical (unpaired) electrons. The van der Waals surface area contributed by atoms with Crippen molar-refractivity contribution in [2.45, 2.75) is 52.7 Å². The Bertz CT molecular complexity index is 1740. The number of ether oxygens (including phenoxy) is 2. The van der Waals surface area contributed by atoms with Crippen molar-refractivity contribution in [2.24, 2.45) is 5.92 Å². The first-order valence-electron chi connectivity index (χ1n) is 17.1. The second-order valence-corrected chi connectivity index (χ2v) is 13.0. The lowest BCUT2D eigenvalue weighted by atomic mass is 10.1. The molecule has 11 nitrogen and oxygen atoms in total. The van der Waals surface area contributed by atoms with Crippen LogP contribution in [0.3, 0.4) is 0 Å². The van der Waals surface area contributed by atoms with Gasteiger partial charge in [0.15, 0.2) is 5.65 Å². The maximum absolute atomic E-state index is 14.1. The first-order valence-corrected chi connectivity index (χ1v) is 17.1. The highest BCUT2D eigenvalue weighted by Gasteiger charge is 2.29. The minimum absolute atomic E-state index is 0.155. The fourth-order valence-electron chi connectivity index (χ4n) is 6.64. The van der Waals surface area contributed by atoms with Crippen LogP contribution in [0.5, 0.6) is 5.75 Å². The molecule has 11 heteroatoms. The van der Waals surface area contributed by atoms with Gasteiger partial charge in [0, 0.05) is 52.4 Å². The molecule has 2 bridgehead atoms. The number of fused-ring (bicyclic) bond motifs is 2.